The molecule has 7 atom stereocenters. The first-order chi connectivity index (χ1) is 12.6. The summed E-state index contributed by atoms with van der Waals surface area (Å²) in [5.41, 5.74) is 3.33. The van der Waals surface area contributed by atoms with Gasteiger partial charge in [0.05, 0.1) is 5.60 Å². The predicted octanol–water partition coefficient (Wildman–Crippen LogP) is 4.58. The zero-order valence-electron chi connectivity index (χ0n) is 16.3. The average molecular weight is 357 g/mol. The highest BCUT2D eigenvalue weighted by molar-refractivity contribution is 5.22. The highest BCUT2D eigenvalue weighted by Crippen LogP contribution is 2.69. The third kappa shape index (κ3) is 1.80. The lowest BCUT2D eigenvalue weighted by atomic mass is 9.44. The van der Waals surface area contributed by atoms with E-state index in [4.69, 9.17) is 9.37 Å². The molecular formula is C22H32N2O2. The van der Waals surface area contributed by atoms with Crippen molar-refractivity contribution in [2.24, 2.45) is 34.5 Å². The van der Waals surface area contributed by atoms with Gasteiger partial charge in [-0.25, -0.2) is 4.63 Å². The number of hydrogen-bond acceptors (Lipinski definition) is 4. The van der Waals surface area contributed by atoms with Crippen LogP contribution in [-0.2, 0) is 17.6 Å². The van der Waals surface area contributed by atoms with Crippen molar-refractivity contribution < 1.29 is 9.37 Å². The Bertz CT molecular complexity index is 723. The summed E-state index contributed by atoms with van der Waals surface area (Å²) in [6, 6.07) is 0. The van der Waals surface area contributed by atoms with Gasteiger partial charge in [0.2, 0.25) is 0 Å². The number of aromatic nitrogens is 2. The van der Waals surface area contributed by atoms with Gasteiger partial charge in [0.15, 0.2) is 0 Å². The lowest BCUT2D eigenvalue weighted by Gasteiger charge is -2.60. The van der Waals surface area contributed by atoms with Gasteiger partial charge in [-0.05, 0) is 92.3 Å². The zero-order chi connectivity index (χ0) is 17.6. The van der Waals surface area contributed by atoms with Crippen molar-refractivity contribution in [3.8, 4) is 0 Å². The number of ether oxygens (including phenoxy) is 1. The molecule has 1 aromatic rings. The maximum Gasteiger partial charge on any atom is 0.108 e. The molecule has 0 N–H and O–H groups in total. The van der Waals surface area contributed by atoms with E-state index in [1.807, 2.05) is 0 Å². The molecule has 0 amide bonds. The van der Waals surface area contributed by atoms with Crippen LogP contribution in [-0.4, -0.2) is 22.5 Å². The molecule has 1 spiro atoms. The van der Waals surface area contributed by atoms with E-state index in [0.717, 1.165) is 54.5 Å². The minimum Gasteiger partial charge on any atom is -0.374 e. The van der Waals surface area contributed by atoms with Gasteiger partial charge in [-0.1, -0.05) is 24.2 Å². The van der Waals surface area contributed by atoms with Crippen LogP contribution in [0.5, 0.6) is 0 Å². The largest absolute Gasteiger partial charge is 0.374 e. The molecule has 2 heterocycles. The van der Waals surface area contributed by atoms with Crippen molar-refractivity contribution in [1.29, 1.82) is 0 Å². The first kappa shape index (κ1) is 16.1. The molecule has 1 aromatic heterocycles. The smallest absolute Gasteiger partial charge is 0.108 e. The molecule has 5 aliphatic rings. The first-order valence-electron chi connectivity index (χ1n) is 11.0. The Balaban J connectivity index is 1.35. The zero-order valence-corrected chi connectivity index (χ0v) is 16.3. The lowest BCUT2D eigenvalue weighted by molar-refractivity contribution is -0.151. The summed E-state index contributed by atoms with van der Waals surface area (Å²) in [7, 11) is 0. The molecular weight excluding hydrogens is 324 g/mol. The molecule has 0 bridgehead atoms. The SMILES string of the molecule is CC12Cc3nonc3C[C@@H]1CCC1C2CCC2(C)C1CC[C@@]21CCCO1. The highest BCUT2D eigenvalue weighted by atomic mass is 16.6. The Morgan fingerprint density at radius 1 is 0.923 bits per heavy atom. The summed E-state index contributed by atoms with van der Waals surface area (Å²) in [4.78, 5) is 0. The fourth-order valence-electron chi connectivity index (χ4n) is 8.69. The van der Waals surface area contributed by atoms with Crippen molar-refractivity contribution in [3.05, 3.63) is 11.4 Å². The summed E-state index contributed by atoms with van der Waals surface area (Å²) in [5, 5.41) is 8.46. The number of nitrogens with zero attached hydrogens (tertiary/aromatic N) is 2. The van der Waals surface area contributed by atoms with Crippen molar-refractivity contribution in [1.82, 2.24) is 10.3 Å². The number of fused-ring (bicyclic) bond motifs is 7. The Morgan fingerprint density at radius 2 is 1.77 bits per heavy atom. The van der Waals surface area contributed by atoms with E-state index >= 15 is 0 Å². The van der Waals surface area contributed by atoms with E-state index in [1.54, 1.807) is 0 Å². The Labute approximate surface area is 156 Å². The van der Waals surface area contributed by atoms with Crippen LogP contribution in [0.15, 0.2) is 4.63 Å². The van der Waals surface area contributed by atoms with E-state index in [2.05, 4.69) is 24.2 Å². The Kier molecular flexibility index (Phi) is 3.17. The molecule has 142 valence electrons. The second-order valence-electron chi connectivity index (χ2n) is 10.6. The van der Waals surface area contributed by atoms with Crippen LogP contribution in [0.3, 0.4) is 0 Å². The molecule has 26 heavy (non-hydrogen) atoms. The standard InChI is InChI=1S/C22H32N2O2/c1-20-13-19-18(23-26-24-19)12-14(20)4-5-15-16(20)6-9-21(2)17(15)7-10-22(21)8-3-11-25-22/h14-17H,3-13H2,1-2H3/t14-,15?,16?,17?,20?,21?,22-/m0/s1. The van der Waals surface area contributed by atoms with Gasteiger partial charge < -0.3 is 4.74 Å². The van der Waals surface area contributed by atoms with Crippen LogP contribution in [0.2, 0.25) is 0 Å². The van der Waals surface area contributed by atoms with E-state index < -0.39 is 0 Å². The van der Waals surface area contributed by atoms with Gasteiger partial charge in [0, 0.05) is 13.0 Å². The minimum absolute atomic E-state index is 0.218. The summed E-state index contributed by atoms with van der Waals surface area (Å²) in [5.74, 6) is 3.38. The van der Waals surface area contributed by atoms with Gasteiger partial charge in [0.25, 0.3) is 0 Å². The van der Waals surface area contributed by atoms with Crippen molar-refractivity contribution in [2.75, 3.05) is 6.61 Å². The molecule has 1 aliphatic heterocycles. The second kappa shape index (κ2) is 5.12. The van der Waals surface area contributed by atoms with Crippen molar-refractivity contribution >= 4 is 0 Å². The molecule has 4 heteroatoms. The van der Waals surface area contributed by atoms with Gasteiger partial charge in [-0.15, -0.1) is 0 Å². The van der Waals surface area contributed by atoms with Crippen molar-refractivity contribution in [2.45, 2.75) is 83.7 Å². The molecule has 4 nitrogen and oxygen atoms in total. The fraction of sp³-hybridized carbons (Fsp3) is 0.909. The molecule has 5 unspecified atom stereocenters. The maximum atomic E-state index is 6.49. The van der Waals surface area contributed by atoms with Gasteiger partial charge in [-0.3, -0.25) is 0 Å². The third-order valence-electron chi connectivity index (χ3n) is 10.1. The number of rotatable bonds is 0. The van der Waals surface area contributed by atoms with Gasteiger partial charge in [-0.2, -0.15) is 0 Å². The number of hydrogen-bond donors (Lipinski definition) is 0. The summed E-state index contributed by atoms with van der Waals surface area (Å²) in [6.45, 7) is 6.17. The summed E-state index contributed by atoms with van der Waals surface area (Å²) >= 11 is 0. The first-order valence-corrected chi connectivity index (χ1v) is 11.0. The predicted molar refractivity (Wildman–Crippen MR) is 97.5 cm³/mol. The normalized spacial score (nSPS) is 52.4. The second-order valence-corrected chi connectivity index (χ2v) is 10.6. The van der Waals surface area contributed by atoms with Gasteiger partial charge >= 0.3 is 0 Å². The summed E-state index contributed by atoms with van der Waals surface area (Å²) < 4.78 is 11.6. The average Bonchev–Trinajstić information content (AvgIpc) is 3.33. The molecule has 3 saturated carbocycles. The van der Waals surface area contributed by atoms with E-state index in [9.17, 15) is 0 Å². The van der Waals surface area contributed by atoms with Crippen molar-refractivity contribution in [3.63, 3.8) is 0 Å². The molecule has 4 fully saturated rings. The molecule has 0 radical (unpaired) electrons. The van der Waals surface area contributed by atoms with Crippen LogP contribution in [0.1, 0.15) is 76.6 Å². The van der Waals surface area contributed by atoms with Crippen LogP contribution >= 0.6 is 0 Å². The van der Waals surface area contributed by atoms with E-state index in [-0.39, 0.29) is 5.60 Å². The molecule has 4 aliphatic carbocycles. The van der Waals surface area contributed by atoms with Gasteiger partial charge in [0.1, 0.15) is 11.4 Å². The van der Waals surface area contributed by atoms with Crippen LogP contribution in [0.4, 0.5) is 0 Å². The minimum atomic E-state index is 0.218. The third-order valence-corrected chi connectivity index (χ3v) is 10.1. The van der Waals surface area contributed by atoms with Crippen LogP contribution in [0.25, 0.3) is 0 Å². The Hall–Kier alpha value is -0.900. The molecule has 6 rings (SSSR count). The molecule has 1 saturated heterocycles. The highest BCUT2D eigenvalue weighted by Gasteiger charge is 2.66. The fourth-order valence-corrected chi connectivity index (χ4v) is 8.69. The Morgan fingerprint density at radius 3 is 2.62 bits per heavy atom. The maximum absolute atomic E-state index is 6.49. The quantitative estimate of drug-likeness (QED) is 0.683. The lowest BCUT2D eigenvalue weighted by Crippen LogP contribution is -2.57. The van der Waals surface area contributed by atoms with E-state index in [0.29, 0.717) is 10.8 Å². The van der Waals surface area contributed by atoms with Crippen LogP contribution < -0.4 is 0 Å². The molecule has 0 aromatic carbocycles. The van der Waals surface area contributed by atoms with E-state index in [1.165, 1.54) is 51.4 Å². The summed E-state index contributed by atoms with van der Waals surface area (Å²) in [6.07, 6.45) is 13.0. The monoisotopic (exact) mass is 356 g/mol. The topological polar surface area (TPSA) is 48.2 Å². The van der Waals surface area contributed by atoms with Crippen LogP contribution in [0, 0.1) is 34.5 Å².